The summed E-state index contributed by atoms with van der Waals surface area (Å²) < 4.78 is 0. The second kappa shape index (κ2) is 8.19. The Balaban J connectivity index is 4.16. The topological polar surface area (TPSA) is 74.6 Å². The summed E-state index contributed by atoms with van der Waals surface area (Å²) in [6.07, 6.45) is 2.17. The van der Waals surface area contributed by atoms with Gasteiger partial charge >= 0.3 is 0 Å². The standard InChI is InChI=1S/C12H20O4/c1-3-5-9(13)11(15)7-8-12(16)10(14)6-4-2/h7-10,13-14H,3-6H2,1-2H3. The Morgan fingerprint density at radius 2 is 1.25 bits per heavy atom. The lowest BCUT2D eigenvalue weighted by Gasteiger charge is -2.05. The van der Waals surface area contributed by atoms with Crippen molar-refractivity contribution >= 4 is 11.6 Å². The van der Waals surface area contributed by atoms with Gasteiger partial charge in [0.05, 0.1) is 0 Å². The number of carbonyl (C=O) groups excluding carboxylic acids is 2. The number of hydrogen-bond donors (Lipinski definition) is 2. The predicted molar refractivity (Wildman–Crippen MR) is 61.0 cm³/mol. The normalized spacial score (nSPS) is 15.0. The summed E-state index contributed by atoms with van der Waals surface area (Å²) in [5.41, 5.74) is 0. The molecular formula is C12H20O4. The highest BCUT2D eigenvalue weighted by molar-refractivity contribution is 6.01. The van der Waals surface area contributed by atoms with Crippen LogP contribution >= 0.6 is 0 Å². The molecule has 92 valence electrons. The molecule has 2 atom stereocenters. The molecule has 16 heavy (non-hydrogen) atoms. The van der Waals surface area contributed by atoms with E-state index in [9.17, 15) is 19.8 Å². The van der Waals surface area contributed by atoms with Crippen molar-refractivity contribution in [1.29, 1.82) is 0 Å². The molecule has 0 saturated carbocycles. The van der Waals surface area contributed by atoms with Crippen molar-refractivity contribution in [3.05, 3.63) is 12.2 Å². The van der Waals surface area contributed by atoms with Crippen LogP contribution in [0, 0.1) is 0 Å². The van der Waals surface area contributed by atoms with Crippen LogP contribution in [0.25, 0.3) is 0 Å². The number of hydrogen-bond acceptors (Lipinski definition) is 4. The minimum Gasteiger partial charge on any atom is -0.385 e. The maximum atomic E-state index is 11.2. The average Bonchev–Trinajstić information content (AvgIpc) is 2.25. The number of rotatable bonds is 8. The number of aliphatic hydroxyl groups is 2. The van der Waals surface area contributed by atoms with Gasteiger partial charge in [0, 0.05) is 0 Å². The van der Waals surface area contributed by atoms with Gasteiger partial charge in [0.1, 0.15) is 12.2 Å². The first-order valence-corrected chi connectivity index (χ1v) is 5.64. The zero-order valence-electron chi connectivity index (χ0n) is 9.85. The first-order valence-electron chi connectivity index (χ1n) is 5.64. The molecule has 0 amide bonds. The lowest BCUT2D eigenvalue weighted by atomic mass is 10.1. The first kappa shape index (κ1) is 15.0. The fourth-order valence-electron chi connectivity index (χ4n) is 1.22. The van der Waals surface area contributed by atoms with Crippen molar-refractivity contribution in [1.82, 2.24) is 0 Å². The third-order valence-corrected chi connectivity index (χ3v) is 2.19. The Labute approximate surface area is 96.0 Å². The maximum absolute atomic E-state index is 11.2. The highest BCUT2D eigenvalue weighted by atomic mass is 16.3. The molecule has 2 N–H and O–H groups in total. The second-order valence-corrected chi connectivity index (χ2v) is 3.75. The summed E-state index contributed by atoms with van der Waals surface area (Å²) in [7, 11) is 0. The van der Waals surface area contributed by atoms with Crippen LogP contribution < -0.4 is 0 Å². The van der Waals surface area contributed by atoms with Crippen LogP contribution in [0.2, 0.25) is 0 Å². The quantitative estimate of drug-likeness (QED) is 0.608. The molecule has 0 heterocycles. The highest BCUT2D eigenvalue weighted by Gasteiger charge is 2.13. The number of ketones is 2. The number of aliphatic hydroxyl groups excluding tert-OH is 2. The second-order valence-electron chi connectivity index (χ2n) is 3.75. The molecule has 0 fully saturated rings. The molecule has 0 aromatic rings. The minimum absolute atomic E-state index is 0.384. The molecule has 4 heteroatoms. The van der Waals surface area contributed by atoms with Crippen molar-refractivity contribution in [2.24, 2.45) is 0 Å². The van der Waals surface area contributed by atoms with E-state index in [1.165, 1.54) is 0 Å². The predicted octanol–water partition coefficient (Wildman–Crippen LogP) is 1.00. The van der Waals surface area contributed by atoms with E-state index in [1.807, 2.05) is 13.8 Å². The zero-order valence-corrected chi connectivity index (χ0v) is 9.85. The fourth-order valence-corrected chi connectivity index (χ4v) is 1.22. The van der Waals surface area contributed by atoms with Gasteiger partial charge in [-0.05, 0) is 25.0 Å². The maximum Gasteiger partial charge on any atom is 0.184 e. The monoisotopic (exact) mass is 228 g/mol. The van der Waals surface area contributed by atoms with Crippen LogP contribution in [0.3, 0.4) is 0 Å². The van der Waals surface area contributed by atoms with E-state index in [1.54, 1.807) is 0 Å². The van der Waals surface area contributed by atoms with Gasteiger partial charge in [0.25, 0.3) is 0 Å². The molecule has 0 aromatic heterocycles. The summed E-state index contributed by atoms with van der Waals surface area (Å²) in [5, 5.41) is 18.6. The van der Waals surface area contributed by atoms with Crippen LogP contribution in [0.15, 0.2) is 12.2 Å². The molecule has 0 aliphatic carbocycles. The molecule has 0 aromatic carbocycles. The highest BCUT2D eigenvalue weighted by Crippen LogP contribution is 2.01. The molecular weight excluding hydrogens is 208 g/mol. The van der Waals surface area contributed by atoms with Gasteiger partial charge in [-0.2, -0.15) is 0 Å². The lowest BCUT2D eigenvalue weighted by molar-refractivity contribution is -0.124. The van der Waals surface area contributed by atoms with Crippen LogP contribution in [0.4, 0.5) is 0 Å². The van der Waals surface area contributed by atoms with Crippen molar-refractivity contribution in [2.45, 2.75) is 51.7 Å². The molecule has 0 saturated heterocycles. The summed E-state index contributed by atoms with van der Waals surface area (Å²) in [4.78, 5) is 22.5. The van der Waals surface area contributed by atoms with Crippen molar-refractivity contribution in [3.63, 3.8) is 0 Å². The van der Waals surface area contributed by atoms with Crippen molar-refractivity contribution < 1.29 is 19.8 Å². The molecule has 0 aliphatic heterocycles. The van der Waals surface area contributed by atoms with E-state index in [-0.39, 0.29) is 0 Å². The third kappa shape index (κ3) is 5.78. The Hall–Kier alpha value is -1.00. The Morgan fingerprint density at radius 3 is 1.50 bits per heavy atom. The van der Waals surface area contributed by atoms with Gasteiger partial charge in [0.2, 0.25) is 0 Å². The van der Waals surface area contributed by atoms with Gasteiger partial charge in [-0.25, -0.2) is 0 Å². The molecule has 4 nitrogen and oxygen atoms in total. The summed E-state index contributed by atoms with van der Waals surface area (Å²) in [6, 6.07) is 0. The van der Waals surface area contributed by atoms with E-state index >= 15 is 0 Å². The minimum atomic E-state index is -1.04. The van der Waals surface area contributed by atoms with Gasteiger partial charge in [-0.1, -0.05) is 26.7 Å². The SMILES string of the molecule is CCCC(O)C(=O)C=CC(=O)C(O)CCC. The smallest absolute Gasteiger partial charge is 0.184 e. The Kier molecular flexibility index (Phi) is 7.68. The molecule has 0 radical (unpaired) electrons. The zero-order chi connectivity index (χ0) is 12.6. The van der Waals surface area contributed by atoms with E-state index in [2.05, 4.69) is 0 Å². The molecule has 2 unspecified atom stereocenters. The van der Waals surface area contributed by atoms with E-state index in [0.29, 0.717) is 25.7 Å². The van der Waals surface area contributed by atoms with Gasteiger partial charge in [-0.15, -0.1) is 0 Å². The first-order chi connectivity index (χ1) is 7.52. The van der Waals surface area contributed by atoms with Gasteiger partial charge in [0.15, 0.2) is 11.6 Å². The van der Waals surface area contributed by atoms with E-state index in [0.717, 1.165) is 12.2 Å². The van der Waals surface area contributed by atoms with Crippen LogP contribution in [0.1, 0.15) is 39.5 Å². The third-order valence-electron chi connectivity index (χ3n) is 2.19. The van der Waals surface area contributed by atoms with Crippen LogP contribution in [0.5, 0.6) is 0 Å². The van der Waals surface area contributed by atoms with Gasteiger partial charge < -0.3 is 10.2 Å². The Morgan fingerprint density at radius 1 is 0.938 bits per heavy atom. The fraction of sp³-hybridized carbons (Fsp3) is 0.667. The summed E-state index contributed by atoms with van der Waals surface area (Å²) in [6.45, 7) is 3.72. The summed E-state index contributed by atoms with van der Waals surface area (Å²) in [5.74, 6) is -0.974. The molecule has 0 bridgehead atoms. The molecule has 0 spiro atoms. The van der Waals surface area contributed by atoms with Crippen molar-refractivity contribution in [2.75, 3.05) is 0 Å². The van der Waals surface area contributed by atoms with Gasteiger partial charge in [-0.3, -0.25) is 9.59 Å². The summed E-state index contributed by atoms with van der Waals surface area (Å²) >= 11 is 0. The van der Waals surface area contributed by atoms with E-state index < -0.39 is 23.8 Å². The average molecular weight is 228 g/mol. The van der Waals surface area contributed by atoms with Crippen LogP contribution in [-0.4, -0.2) is 34.0 Å². The number of carbonyl (C=O) groups is 2. The lowest BCUT2D eigenvalue weighted by Crippen LogP contribution is -2.20. The van der Waals surface area contributed by atoms with Crippen LogP contribution in [-0.2, 0) is 9.59 Å². The molecule has 0 aliphatic rings. The largest absolute Gasteiger partial charge is 0.385 e. The molecule has 0 rings (SSSR count). The Bertz CT molecular complexity index is 232. The van der Waals surface area contributed by atoms with E-state index in [4.69, 9.17) is 0 Å². The van der Waals surface area contributed by atoms with Crippen molar-refractivity contribution in [3.8, 4) is 0 Å².